The largest absolute Gasteiger partial charge is 0.469 e. The number of aromatic nitrogens is 5. The quantitative estimate of drug-likeness (QED) is 0.579. The van der Waals surface area contributed by atoms with E-state index >= 15 is 0 Å². The number of carbonyl (C=O) groups excluding carboxylic acids is 1. The number of H-pyrrole nitrogens is 1. The number of rotatable bonds is 6. The first-order valence-corrected chi connectivity index (χ1v) is 10.1. The summed E-state index contributed by atoms with van der Waals surface area (Å²) >= 11 is 0. The van der Waals surface area contributed by atoms with Crippen molar-refractivity contribution in [3.63, 3.8) is 0 Å². The molecule has 0 bridgehead atoms. The van der Waals surface area contributed by atoms with Gasteiger partial charge in [0.2, 0.25) is 17.7 Å². The van der Waals surface area contributed by atoms with E-state index in [0.717, 1.165) is 0 Å². The molecule has 10 nitrogen and oxygen atoms in total. The number of ether oxygens (including phenoxy) is 2. The lowest BCUT2D eigenvalue weighted by molar-refractivity contribution is -0.130. The minimum atomic E-state index is -1.21. The number of hydrogen-bond donors (Lipinski definition) is 2. The minimum Gasteiger partial charge on any atom is -0.469 e. The maximum absolute atomic E-state index is 14.6. The van der Waals surface area contributed by atoms with Crippen LogP contribution in [0, 0.1) is 0 Å². The molecule has 2 atom stereocenters. The molecule has 2 N–H and O–H groups in total. The number of amides is 1. The number of likely N-dealkylation sites (tertiary alicyclic amines) is 1. The maximum atomic E-state index is 14.6. The third-order valence-corrected chi connectivity index (χ3v) is 5.46. The van der Waals surface area contributed by atoms with Crippen LogP contribution in [0.5, 0.6) is 5.88 Å². The zero-order chi connectivity index (χ0) is 21.4. The fourth-order valence-corrected chi connectivity index (χ4v) is 3.64. The Kier molecular flexibility index (Phi) is 5.02. The van der Waals surface area contributed by atoms with Gasteiger partial charge in [-0.05, 0) is 18.6 Å². The Morgan fingerprint density at radius 2 is 2.29 bits per heavy atom. The van der Waals surface area contributed by atoms with Gasteiger partial charge in [0, 0.05) is 18.9 Å². The van der Waals surface area contributed by atoms with E-state index in [9.17, 15) is 9.18 Å². The van der Waals surface area contributed by atoms with Gasteiger partial charge in [0.25, 0.3) is 0 Å². The predicted molar refractivity (Wildman–Crippen MR) is 110 cm³/mol. The molecule has 2 aliphatic heterocycles. The molecule has 11 heteroatoms. The highest BCUT2D eigenvalue weighted by molar-refractivity contribution is 5.87. The zero-order valence-corrected chi connectivity index (χ0v) is 16.7. The number of hydrogen-bond acceptors (Lipinski definition) is 7. The molecule has 2 aliphatic rings. The van der Waals surface area contributed by atoms with Crippen molar-refractivity contribution >= 4 is 28.6 Å². The molecule has 0 radical (unpaired) electrons. The number of carbonyl (C=O) groups is 1. The Morgan fingerprint density at radius 3 is 3.06 bits per heavy atom. The standard InChI is InChI=1S/C20H22FN7O3/c1-2-17(29)27-6-4-15(21)16(9-27)31-19-14-3-5-22-18(14)25-20(26-19)24-12-7-23-28(8-12)13-10-30-11-13/h2-3,5,7-8,13,15-16H,1,4,6,9-11H2,(H2,22,24,25,26). The van der Waals surface area contributed by atoms with Crippen molar-refractivity contribution in [2.75, 3.05) is 31.6 Å². The fraction of sp³-hybridized carbons (Fsp3) is 0.400. The van der Waals surface area contributed by atoms with Gasteiger partial charge >= 0.3 is 0 Å². The third kappa shape index (κ3) is 3.83. The molecule has 5 heterocycles. The molecule has 0 spiro atoms. The van der Waals surface area contributed by atoms with Crippen LogP contribution < -0.4 is 10.1 Å². The van der Waals surface area contributed by atoms with Crippen LogP contribution in [0.15, 0.2) is 37.3 Å². The van der Waals surface area contributed by atoms with Gasteiger partial charge in [0.05, 0.1) is 43.1 Å². The van der Waals surface area contributed by atoms with Crippen molar-refractivity contribution in [3.8, 4) is 5.88 Å². The van der Waals surface area contributed by atoms with Gasteiger partial charge in [-0.25, -0.2) is 4.39 Å². The van der Waals surface area contributed by atoms with E-state index in [4.69, 9.17) is 9.47 Å². The summed E-state index contributed by atoms with van der Waals surface area (Å²) < 4.78 is 27.6. The van der Waals surface area contributed by atoms with Crippen LogP contribution in [0.25, 0.3) is 11.0 Å². The second kappa shape index (κ2) is 7.99. The summed E-state index contributed by atoms with van der Waals surface area (Å²) in [5.74, 6) is 0.292. The molecule has 2 fully saturated rings. The second-order valence-corrected chi connectivity index (χ2v) is 7.57. The van der Waals surface area contributed by atoms with Crippen molar-refractivity contribution < 1.29 is 18.7 Å². The summed E-state index contributed by atoms with van der Waals surface area (Å²) in [4.78, 5) is 25.4. The highest BCUT2D eigenvalue weighted by Gasteiger charge is 2.33. The number of nitrogens with zero attached hydrogens (tertiary/aromatic N) is 5. The van der Waals surface area contributed by atoms with Gasteiger partial charge in [-0.1, -0.05) is 6.58 Å². The lowest BCUT2D eigenvalue weighted by Crippen LogP contribution is -2.49. The van der Waals surface area contributed by atoms with Crippen LogP contribution in [0.1, 0.15) is 12.5 Å². The van der Waals surface area contributed by atoms with Crippen molar-refractivity contribution in [2.24, 2.45) is 0 Å². The first-order valence-electron chi connectivity index (χ1n) is 10.1. The summed E-state index contributed by atoms with van der Waals surface area (Å²) in [6.45, 7) is 5.24. The van der Waals surface area contributed by atoms with E-state index in [1.54, 1.807) is 18.5 Å². The van der Waals surface area contributed by atoms with Crippen molar-refractivity contribution in [2.45, 2.75) is 24.7 Å². The van der Waals surface area contributed by atoms with Gasteiger partial charge in [0.1, 0.15) is 17.9 Å². The van der Waals surface area contributed by atoms with E-state index in [1.165, 1.54) is 11.0 Å². The lowest BCUT2D eigenvalue weighted by atomic mass is 10.1. The molecule has 3 aromatic rings. The second-order valence-electron chi connectivity index (χ2n) is 7.57. The van der Waals surface area contributed by atoms with E-state index in [-0.39, 0.29) is 30.8 Å². The Labute approximate surface area is 177 Å². The highest BCUT2D eigenvalue weighted by atomic mass is 19.1. The van der Waals surface area contributed by atoms with Gasteiger partial charge in [-0.15, -0.1) is 0 Å². The SMILES string of the molecule is C=CC(=O)N1CCC(F)C(Oc2nc(Nc3cnn(C4COC4)c3)nc3[nH]ccc23)C1. The third-order valence-electron chi connectivity index (χ3n) is 5.46. The van der Waals surface area contributed by atoms with Crippen LogP contribution in [0.2, 0.25) is 0 Å². The molecule has 31 heavy (non-hydrogen) atoms. The summed E-state index contributed by atoms with van der Waals surface area (Å²) in [6, 6.07) is 2.00. The number of halogens is 1. The summed E-state index contributed by atoms with van der Waals surface area (Å²) in [6.07, 6.45) is 4.62. The highest BCUT2D eigenvalue weighted by Crippen LogP contribution is 2.28. The van der Waals surface area contributed by atoms with E-state index in [2.05, 4.69) is 31.9 Å². The van der Waals surface area contributed by atoms with Crippen LogP contribution in [0.4, 0.5) is 16.0 Å². The van der Waals surface area contributed by atoms with Crippen LogP contribution in [-0.4, -0.2) is 74.1 Å². The van der Waals surface area contributed by atoms with Gasteiger partial charge in [0.15, 0.2) is 0 Å². The minimum absolute atomic E-state index is 0.126. The van der Waals surface area contributed by atoms with Crippen molar-refractivity contribution in [3.05, 3.63) is 37.3 Å². The number of anilines is 2. The molecule has 0 aliphatic carbocycles. The Hall–Kier alpha value is -3.47. The number of aromatic amines is 1. The normalized spacial score (nSPS) is 21.6. The van der Waals surface area contributed by atoms with Gasteiger partial charge < -0.3 is 24.7 Å². The molecule has 0 saturated carbocycles. The molecule has 1 amide bonds. The van der Waals surface area contributed by atoms with Crippen molar-refractivity contribution in [1.29, 1.82) is 0 Å². The Morgan fingerprint density at radius 1 is 1.42 bits per heavy atom. The lowest BCUT2D eigenvalue weighted by Gasteiger charge is -2.34. The fourth-order valence-electron chi connectivity index (χ4n) is 3.64. The van der Waals surface area contributed by atoms with Gasteiger partial charge in [-0.2, -0.15) is 15.1 Å². The summed E-state index contributed by atoms with van der Waals surface area (Å²) in [5.41, 5.74) is 1.27. The Bertz CT molecular complexity index is 1110. The predicted octanol–water partition coefficient (Wildman–Crippen LogP) is 1.97. The summed E-state index contributed by atoms with van der Waals surface area (Å²) in [5, 5.41) is 8.08. The van der Waals surface area contributed by atoms with Gasteiger partial charge in [-0.3, -0.25) is 9.48 Å². The number of nitrogens with one attached hydrogen (secondary N) is 2. The van der Waals surface area contributed by atoms with E-state index in [1.807, 2.05) is 10.9 Å². The van der Waals surface area contributed by atoms with Crippen LogP contribution in [0.3, 0.4) is 0 Å². The molecule has 2 unspecified atom stereocenters. The molecule has 3 aromatic heterocycles. The molecule has 2 saturated heterocycles. The smallest absolute Gasteiger partial charge is 0.246 e. The topological polar surface area (TPSA) is 110 Å². The number of alkyl halides is 1. The summed E-state index contributed by atoms with van der Waals surface area (Å²) in [7, 11) is 0. The first-order chi connectivity index (χ1) is 15.1. The molecular weight excluding hydrogens is 405 g/mol. The number of piperidine rings is 1. The number of fused-ring (bicyclic) bond motifs is 1. The molecule has 0 aromatic carbocycles. The zero-order valence-electron chi connectivity index (χ0n) is 16.7. The first kappa shape index (κ1) is 19.5. The van der Waals surface area contributed by atoms with Crippen LogP contribution in [-0.2, 0) is 9.53 Å². The van der Waals surface area contributed by atoms with E-state index < -0.39 is 12.3 Å². The van der Waals surface area contributed by atoms with Crippen molar-refractivity contribution in [1.82, 2.24) is 29.6 Å². The molecule has 162 valence electrons. The Balaban J connectivity index is 1.38. The molecular formula is C20H22FN7O3. The average Bonchev–Trinajstić information content (AvgIpc) is 3.37. The average molecular weight is 427 g/mol. The molecule has 5 rings (SSSR count). The maximum Gasteiger partial charge on any atom is 0.246 e. The van der Waals surface area contributed by atoms with E-state index in [0.29, 0.717) is 42.4 Å². The van der Waals surface area contributed by atoms with Crippen LogP contribution >= 0.6 is 0 Å². The monoisotopic (exact) mass is 427 g/mol.